The summed E-state index contributed by atoms with van der Waals surface area (Å²) in [7, 11) is 0. The minimum atomic E-state index is -0.172. The highest BCUT2D eigenvalue weighted by Gasteiger charge is 2.19. The van der Waals surface area contributed by atoms with Gasteiger partial charge < -0.3 is 4.74 Å². The molecule has 2 heterocycles. The molecule has 1 amide bonds. The Morgan fingerprint density at radius 1 is 1.33 bits per heavy atom. The lowest BCUT2D eigenvalue weighted by molar-refractivity contribution is 0.102. The van der Waals surface area contributed by atoms with Gasteiger partial charge in [0.05, 0.1) is 28.1 Å². The van der Waals surface area contributed by atoms with E-state index in [0.29, 0.717) is 17.3 Å². The fraction of sp³-hybridized carbons (Fsp3) is 0.353. The van der Waals surface area contributed by atoms with E-state index in [0.717, 1.165) is 33.9 Å². The Labute approximate surface area is 144 Å². The van der Waals surface area contributed by atoms with Crippen LogP contribution in [-0.2, 0) is 6.54 Å². The van der Waals surface area contributed by atoms with Gasteiger partial charge in [-0.1, -0.05) is 11.3 Å². The maximum Gasteiger partial charge on any atom is 0.261 e. The van der Waals surface area contributed by atoms with Crippen molar-refractivity contribution < 1.29 is 9.53 Å². The predicted octanol–water partition coefficient (Wildman–Crippen LogP) is 3.78. The summed E-state index contributed by atoms with van der Waals surface area (Å²) in [5.41, 5.74) is 3.06. The second-order valence-corrected chi connectivity index (χ2v) is 6.43. The summed E-state index contributed by atoms with van der Waals surface area (Å²) < 4.78 is 8.31. The van der Waals surface area contributed by atoms with Crippen molar-refractivity contribution in [3.05, 3.63) is 35.2 Å². The molecule has 0 radical (unpaired) electrons. The largest absolute Gasteiger partial charge is 0.494 e. The lowest BCUT2D eigenvalue weighted by atomic mass is 10.2. The number of carbonyl (C=O) groups is 1. The second kappa shape index (κ2) is 6.60. The van der Waals surface area contributed by atoms with Crippen LogP contribution in [0.25, 0.3) is 10.2 Å². The number of nitrogens with zero attached hydrogens (tertiary/aromatic N) is 3. The van der Waals surface area contributed by atoms with Crippen molar-refractivity contribution in [3.63, 3.8) is 0 Å². The number of rotatable bonds is 5. The molecule has 7 heteroatoms. The number of aromatic nitrogens is 3. The summed E-state index contributed by atoms with van der Waals surface area (Å²) in [6.07, 6.45) is 0. The molecule has 1 aromatic carbocycles. The first-order valence-electron chi connectivity index (χ1n) is 7.92. The Kier molecular flexibility index (Phi) is 4.53. The Hall–Kier alpha value is -2.41. The first-order valence-corrected chi connectivity index (χ1v) is 8.73. The third kappa shape index (κ3) is 2.99. The maximum absolute atomic E-state index is 12.6. The lowest BCUT2D eigenvalue weighted by Gasteiger charge is -2.02. The third-order valence-electron chi connectivity index (χ3n) is 3.80. The summed E-state index contributed by atoms with van der Waals surface area (Å²) in [6, 6.07) is 5.73. The topological polar surface area (TPSA) is 69.0 Å². The van der Waals surface area contributed by atoms with Crippen LogP contribution in [0.15, 0.2) is 18.2 Å². The molecule has 24 heavy (non-hydrogen) atoms. The molecule has 0 unspecified atom stereocenters. The van der Waals surface area contributed by atoms with Gasteiger partial charge in [-0.15, -0.1) is 0 Å². The molecule has 0 fully saturated rings. The van der Waals surface area contributed by atoms with E-state index in [-0.39, 0.29) is 5.91 Å². The van der Waals surface area contributed by atoms with E-state index in [4.69, 9.17) is 4.74 Å². The molecule has 6 nitrogen and oxygen atoms in total. The Morgan fingerprint density at radius 3 is 2.79 bits per heavy atom. The number of hydrogen-bond donors (Lipinski definition) is 1. The molecule has 0 aliphatic heterocycles. The van der Waals surface area contributed by atoms with Crippen molar-refractivity contribution in [2.24, 2.45) is 0 Å². The molecule has 3 rings (SSSR count). The average molecular weight is 344 g/mol. The van der Waals surface area contributed by atoms with Gasteiger partial charge in [0, 0.05) is 12.2 Å². The molecular weight excluding hydrogens is 324 g/mol. The standard InChI is InChI=1S/C17H20N4O2S/c1-5-21-11(4)15(10(3)20-21)16(22)19-17-18-13-8-7-12(23-6-2)9-14(13)24-17/h7-9H,5-6H2,1-4H3,(H,18,19,22). The molecule has 1 N–H and O–H groups in total. The van der Waals surface area contributed by atoms with Crippen molar-refractivity contribution in [2.75, 3.05) is 11.9 Å². The van der Waals surface area contributed by atoms with Crippen molar-refractivity contribution in [3.8, 4) is 5.75 Å². The first kappa shape index (κ1) is 16.4. The summed E-state index contributed by atoms with van der Waals surface area (Å²) >= 11 is 1.43. The molecular formula is C17H20N4O2S. The number of amides is 1. The molecule has 0 spiro atoms. The number of thiazole rings is 1. The van der Waals surface area contributed by atoms with E-state index < -0.39 is 0 Å². The van der Waals surface area contributed by atoms with E-state index in [1.165, 1.54) is 11.3 Å². The number of aryl methyl sites for hydroxylation is 2. The summed E-state index contributed by atoms with van der Waals surface area (Å²) in [4.78, 5) is 17.1. The van der Waals surface area contributed by atoms with Gasteiger partial charge in [-0.05, 0) is 45.9 Å². The number of carbonyl (C=O) groups excluding carboxylic acids is 1. The molecule has 2 aromatic heterocycles. The highest BCUT2D eigenvalue weighted by Crippen LogP contribution is 2.29. The van der Waals surface area contributed by atoms with Crippen LogP contribution in [0.4, 0.5) is 5.13 Å². The van der Waals surface area contributed by atoms with Gasteiger partial charge >= 0.3 is 0 Å². The van der Waals surface area contributed by atoms with Crippen molar-refractivity contribution in [1.29, 1.82) is 0 Å². The molecule has 0 saturated heterocycles. The predicted molar refractivity (Wildman–Crippen MR) is 96.1 cm³/mol. The van der Waals surface area contributed by atoms with Crippen molar-refractivity contribution >= 4 is 32.6 Å². The molecule has 126 valence electrons. The van der Waals surface area contributed by atoms with Crippen molar-refractivity contribution in [2.45, 2.75) is 34.2 Å². The molecule has 0 bridgehead atoms. The van der Waals surface area contributed by atoms with Crippen LogP contribution in [0.3, 0.4) is 0 Å². The number of ether oxygens (including phenoxy) is 1. The molecule has 3 aromatic rings. The molecule has 0 aliphatic rings. The van der Waals surface area contributed by atoms with E-state index in [1.807, 2.05) is 50.6 Å². The molecule has 0 aliphatic carbocycles. The zero-order chi connectivity index (χ0) is 17.3. The monoisotopic (exact) mass is 344 g/mol. The van der Waals surface area contributed by atoms with Gasteiger partial charge in [-0.2, -0.15) is 5.10 Å². The van der Waals surface area contributed by atoms with Gasteiger partial charge in [0.1, 0.15) is 5.75 Å². The van der Waals surface area contributed by atoms with Crippen LogP contribution >= 0.6 is 11.3 Å². The first-order chi connectivity index (χ1) is 11.5. The van der Waals surface area contributed by atoms with Crippen LogP contribution in [-0.4, -0.2) is 27.3 Å². The van der Waals surface area contributed by atoms with Crippen LogP contribution in [0, 0.1) is 13.8 Å². The smallest absolute Gasteiger partial charge is 0.261 e. The van der Waals surface area contributed by atoms with Gasteiger partial charge in [-0.25, -0.2) is 4.98 Å². The average Bonchev–Trinajstić information content (AvgIpc) is 3.06. The second-order valence-electron chi connectivity index (χ2n) is 5.40. The van der Waals surface area contributed by atoms with Gasteiger partial charge in [0.2, 0.25) is 0 Å². The Morgan fingerprint density at radius 2 is 2.12 bits per heavy atom. The SMILES string of the molecule is CCOc1ccc2nc(NC(=O)c3c(C)nn(CC)c3C)sc2c1. The molecule has 0 atom stereocenters. The fourth-order valence-corrected chi connectivity index (χ4v) is 3.60. The summed E-state index contributed by atoms with van der Waals surface area (Å²) in [5, 5.41) is 7.86. The van der Waals surface area contributed by atoms with Crippen LogP contribution < -0.4 is 10.1 Å². The number of anilines is 1. The Bertz CT molecular complexity index is 898. The number of hydrogen-bond acceptors (Lipinski definition) is 5. The highest BCUT2D eigenvalue weighted by molar-refractivity contribution is 7.22. The maximum atomic E-state index is 12.6. The Balaban J connectivity index is 1.87. The minimum absolute atomic E-state index is 0.172. The fourth-order valence-electron chi connectivity index (χ4n) is 2.71. The lowest BCUT2D eigenvalue weighted by Crippen LogP contribution is -2.14. The normalized spacial score (nSPS) is 11.0. The third-order valence-corrected chi connectivity index (χ3v) is 4.73. The van der Waals surface area contributed by atoms with E-state index in [2.05, 4.69) is 15.4 Å². The van der Waals surface area contributed by atoms with Crippen LogP contribution in [0.2, 0.25) is 0 Å². The zero-order valence-electron chi connectivity index (χ0n) is 14.2. The highest BCUT2D eigenvalue weighted by atomic mass is 32.1. The molecule has 0 saturated carbocycles. The van der Waals surface area contributed by atoms with Gasteiger partial charge in [-0.3, -0.25) is 14.8 Å². The van der Waals surface area contributed by atoms with Gasteiger partial charge in [0.25, 0.3) is 5.91 Å². The van der Waals surface area contributed by atoms with Crippen LogP contribution in [0.5, 0.6) is 5.75 Å². The number of fused-ring (bicyclic) bond motifs is 1. The summed E-state index contributed by atoms with van der Waals surface area (Å²) in [6.45, 7) is 9.06. The van der Waals surface area contributed by atoms with E-state index >= 15 is 0 Å². The summed E-state index contributed by atoms with van der Waals surface area (Å²) in [5.74, 6) is 0.635. The minimum Gasteiger partial charge on any atom is -0.494 e. The van der Waals surface area contributed by atoms with E-state index in [1.54, 1.807) is 0 Å². The zero-order valence-corrected chi connectivity index (χ0v) is 15.0. The number of nitrogens with one attached hydrogen (secondary N) is 1. The van der Waals surface area contributed by atoms with Crippen LogP contribution in [0.1, 0.15) is 35.6 Å². The van der Waals surface area contributed by atoms with E-state index in [9.17, 15) is 4.79 Å². The quantitative estimate of drug-likeness (QED) is 0.765. The van der Waals surface area contributed by atoms with Gasteiger partial charge in [0.15, 0.2) is 5.13 Å². The van der Waals surface area contributed by atoms with Crippen molar-refractivity contribution in [1.82, 2.24) is 14.8 Å². The number of benzene rings is 1.